The molecule has 0 radical (unpaired) electrons. The van der Waals surface area contributed by atoms with E-state index in [4.69, 9.17) is 11.6 Å². The van der Waals surface area contributed by atoms with Gasteiger partial charge in [-0.1, -0.05) is 43.0 Å². The predicted octanol–water partition coefficient (Wildman–Crippen LogP) is 4.56. The van der Waals surface area contributed by atoms with E-state index in [1.54, 1.807) is 0 Å². The quantitative estimate of drug-likeness (QED) is 0.757. The Hall–Kier alpha value is -1.06. The lowest BCUT2D eigenvalue weighted by molar-refractivity contribution is -0.140. The van der Waals surface area contributed by atoms with Crippen LogP contribution in [-0.4, -0.2) is 47.9 Å². The molecule has 2 aliphatic carbocycles. The fourth-order valence-corrected chi connectivity index (χ4v) is 6.00. The van der Waals surface area contributed by atoms with Crippen molar-refractivity contribution < 1.29 is 4.79 Å². The number of rotatable bonds is 4. The van der Waals surface area contributed by atoms with E-state index in [0.29, 0.717) is 11.8 Å². The molecule has 4 atom stereocenters. The van der Waals surface area contributed by atoms with Gasteiger partial charge in [-0.05, 0) is 55.2 Å². The highest BCUT2D eigenvalue weighted by molar-refractivity contribution is 6.30. The van der Waals surface area contributed by atoms with Crippen molar-refractivity contribution in [3.05, 3.63) is 34.9 Å². The standard InChI is InChI=1S/C23H31ClN2O/c24-19-8-6-17(7-9-19)20-12-21(20)23(27)25-11-10-22-18(14-25)15-26(22)13-16-4-2-1-3-5-16/h6-9,16,18,20-22H,1-5,10-15H2. The zero-order chi connectivity index (χ0) is 18.4. The van der Waals surface area contributed by atoms with E-state index in [1.807, 2.05) is 12.1 Å². The second-order valence-electron chi connectivity index (χ2n) is 9.36. The van der Waals surface area contributed by atoms with Gasteiger partial charge in [0.25, 0.3) is 0 Å². The van der Waals surface area contributed by atoms with E-state index in [9.17, 15) is 4.79 Å². The van der Waals surface area contributed by atoms with Gasteiger partial charge in [-0.2, -0.15) is 0 Å². The average molecular weight is 387 g/mol. The summed E-state index contributed by atoms with van der Waals surface area (Å²) in [4.78, 5) is 17.9. The normalized spacial score (nSPS) is 34.0. The number of hydrogen-bond acceptors (Lipinski definition) is 2. The molecule has 0 spiro atoms. The first-order valence-corrected chi connectivity index (χ1v) is 11.3. The minimum Gasteiger partial charge on any atom is -0.342 e. The monoisotopic (exact) mass is 386 g/mol. The maximum absolute atomic E-state index is 13.0. The van der Waals surface area contributed by atoms with Gasteiger partial charge in [-0.15, -0.1) is 0 Å². The summed E-state index contributed by atoms with van der Waals surface area (Å²) in [5.41, 5.74) is 1.27. The lowest BCUT2D eigenvalue weighted by Crippen LogP contribution is -2.64. The van der Waals surface area contributed by atoms with Crippen LogP contribution >= 0.6 is 11.6 Å². The average Bonchev–Trinajstić information content (AvgIpc) is 3.47. The number of benzene rings is 1. The number of halogens is 1. The maximum atomic E-state index is 13.0. The number of fused-ring (bicyclic) bond motifs is 1. The third-order valence-electron chi connectivity index (χ3n) is 7.57. The van der Waals surface area contributed by atoms with E-state index in [0.717, 1.165) is 42.4 Å². The van der Waals surface area contributed by atoms with Crippen LogP contribution in [0.4, 0.5) is 0 Å². The van der Waals surface area contributed by atoms with Crippen molar-refractivity contribution in [2.45, 2.75) is 56.9 Å². The molecule has 2 heterocycles. The lowest BCUT2D eigenvalue weighted by atomic mass is 9.80. The molecule has 2 saturated heterocycles. The van der Waals surface area contributed by atoms with Crippen molar-refractivity contribution in [1.29, 1.82) is 0 Å². The number of likely N-dealkylation sites (tertiary alicyclic amines) is 2. The number of amides is 1. The van der Waals surface area contributed by atoms with Crippen molar-refractivity contribution in [3.8, 4) is 0 Å². The molecule has 2 aliphatic heterocycles. The first kappa shape index (κ1) is 18.0. The topological polar surface area (TPSA) is 23.6 Å². The van der Waals surface area contributed by atoms with Crippen molar-refractivity contribution in [1.82, 2.24) is 9.80 Å². The summed E-state index contributed by atoms with van der Waals surface area (Å²) in [6.07, 6.45) is 9.38. The first-order chi connectivity index (χ1) is 13.2. The molecule has 146 valence electrons. The van der Waals surface area contributed by atoms with Crippen LogP contribution in [0.3, 0.4) is 0 Å². The first-order valence-electron chi connectivity index (χ1n) is 11.0. The largest absolute Gasteiger partial charge is 0.342 e. The van der Waals surface area contributed by atoms with Gasteiger partial charge in [0.05, 0.1) is 0 Å². The molecule has 3 nitrogen and oxygen atoms in total. The Kier molecular flexibility index (Phi) is 4.94. The SMILES string of the molecule is O=C(C1CC1c1ccc(Cl)cc1)N1CCC2C(C1)CN2CC1CCCCC1. The van der Waals surface area contributed by atoms with Crippen LogP contribution in [0.15, 0.2) is 24.3 Å². The Balaban J connectivity index is 1.11. The molecule has 0 N–H and O–H groups in total. The molecule has 0 bridgehead atoms. The molecule has 2 saturated carbocycles. The van der Waals surface area contributed by atoms with E-state index in [-0.39, 0.29) is 5.92 Å². The second-order valence-corrected chi connectivity index (χ2v) is 9.79. The third-order valence-corrected chi connectivity index (χ3v) is 7.82. The molecule has 1 amide bonds. The van der Waals surface area contributed by atoms with E-state index in [1.165, 1.54) is 57.2 Å². The highest BCUT2D eigenvalue weighted by Gasteiger charge is 2.49. The van der Waals surface area contributed by atoms with Crippen molar-refractivity contribution in [2.75, 3.05) is 26.2 Å². The molecule has 27 heavy (non-hydrogen) atoms. The number of nitrogens with zero attached hydrogens (tertiary/aromatic N) is 2. The zero-order valence-corrected chi connectivity index (χ0v) is 16.9. The molecule has 1 aromatic carbocycles. The lowest BCUT2D eigenvalue weighted by Gasteiger charge is -2.54. The summed E-state index contributed by atoms with van der Waals surface area (Å²) in [6.45, 7) is 4.49. The Morgan fingerprint density at radius 1 is 1.04 bits per heavy atom. The molecule has 4 aliphatic rings. The van der Waals surface area contributed by atoms with Gasteiger partial charge in [0.2, 0.25) is 5.91 Å². The van der Waals surface area contributed by atoms with Gasteiger partial charge < -0.3 is 4.90 Å². The molecule has 5 rings (SSSR count). The molecule has 4 unspecified atom stereocenters. The van der Waals surface area contributed by atoms with Crippen molar-refractivity contribution >= 4 is 17.5 Å². The molecule has 4 fully saturated rings. The van der Waals surface area contributed by atoms with Gasteiger partial charge in [-0.25, -0.2) is 0 Å². The van der Waals surface area contributed by atoms with Gasteiger partial charge in [0.15, 0.2) is 0 Å². The fraction of sp³-hybridized carbons (Fsp3) is 0.696. The summed E-state index contributed by atoms with van der Waals surface area (Å²) >= 11 is 5.99. The molecular weight excluding hydrogens is 356 g/mol. The van der Waals surface area contributed by atoms with Gasteiger partial charge in [0, 0.05) is 49.1 Å². The molecule has 4 heteroatoms. The Morgan fingerprint density at radius 3 is 2.56 bits per heavy atom. The third kappa shape index (κ3) is 3.65. The van der Waals surface area contributed by atoms with Crippen molar-refractivity contribution in [2.24, 2.45) is 17.8 Å². The van der Waals surface area contributed by atoms with Gasteiger partial charge in [0.1, 0.15) is 0 Å². The molecule has 0 aromatic heterocycles. The summed E-state index contributed by atoms with van der Waals surface area (Å²) in [7, 11) is 0. The summed E-state index contributed by atoms with van der Waals surface area (Å²) in [6, 6.07) is 8.81. The van der Waals surface area contributed by atoms with Crippen LogP contribution < -0.4 is 0 Å². The smallest absolute Gasteiger partial charge is 0.226 e. The summed E-state index contributed by atoms with van der Waals surface area (Å²) < 4.78 is 0. The van der Waals surface area contributed by atoms with Crippen LogP contribution in [0.2, 0.25) is 5.02 Å². The number of carbonyl (C=O) groups excluding carboxylic acids is 1. The van der Waals surface area contributed by atoms with Crippen molar-refractivity contribution in [3.63, 3.8) is 0 Å². The van der Waals surface area contributed by atoms with Crippen LogP contribution in [0.25, 0.3) is 0 Å². The van der Waals surface area contributed by atoms with Crippen LogP contribution in [-0.2, 0) is 4.79 Å². The van der Waals surface area contributed by atoms with Gasteiger partial charge >= 0.3 is 0 Å². The maximum Gasteiger partial charge on any atom is 0.226 e. The fourth-order valence-electron chi connectivity index (χ4n) is 5.87. The number of hydrogen-bond donors (Lipinski definition) is 0. The van der Waals surface area contributed by atoms with Crippen LogP contribution in [0.1, 0.15) is 56.4 Å². The van der Waals surface area contributed by atoms with E-state index in [2.05, 4.69) is 21.9 Å². The highest BCUT2D eigenvalue weighted by atomic mass is 35.5. The molecule has 1 aromatic rings. The van der Waals surface area contributed by atoms with E-state index < -0.39 is 0 Å². The minimum atomic E-state index is 0.209. The zero-order valence-electron chi connectivity index (χ0n) is 16.2. The Bertz CT molecular complexity index is 684. The Morgan fingerprint density at radius 2 is 1.81 bits per heavy atom. The summed E-state index contributed by atoms with van der Waals surface area (Å²) in [5, 5.41) is 0.770. The number of piperidine rings is 1. The summed E-state index contributed by atoms with van der Waals surface area (Å²) in [5.74, 6) is 2.68. The van der Waals surface area contributed by atoms with Gasteiger partial charge in [-0.3, -0.25) is 9.69 Å². The second kappa shape index (κ2) is 7.40. The molecular formula is C23H31ClN2O. The van der Waals surface area contributed by atoms with Crippen LogP contribution in [0.5, 0.6) is 0 Å². The minimum absolute atomic E-state index is 0.209. The van der Waals surface area contributed by atoms with E-state index >= 15 is 0 Å². The predicted molar refractivity (Wildman–Crippen MR) is 109 cm³/mol. The number of carbonyl (C=O) groups is 1. The Labute approximate surface area is 168 Å². The highest BCUT2D eigenvalue weighted by Crippen LogP contribution is 2.49. The van der Waals surface area contributed by atoms with Crippen LogP contribution in [0, 0.1) is 17.8 Å².